The van der Waals surface area contributed by atoms with Crippen molar-refractivity contribution in [1.29, 1.82) is 0 Å². The van der Waals surface area contributed by atoms with Crippen LogP contribution in [0.5, 0.6) is 11.5 Å². The third kappa shape index (κ3) is 5.34. The first kappa shape index (κ1) is 24.4. The fourth-order valence-electron chi connectivity index (χ4n) is 3.47. The summed E-state index contributed by atoms with van der Waals surface area (Å²) in [6, 6.07) is 25.8. The number of carbonyl (C=O) groups excluding carboxylic acids is 1. The molecular weight excluding hydrogens is 482 g/mol. The highest BCUT2D eigenvalue weighted by Crippen LogP contribution is 2.32. The predicted octanol–water partition coefficient (Wildman–Crippen LogP) is 4.93. The van der Waals surface area contributed by atoms with Crippen molar-refractivity contribution in [2.24, 2.45) is 0 Å². The number of ether oxygens (including phenoxy) is 1. The molecule has 4 aromatic rings. The van der Waals surface area contributed by atoms with Gasteiger partial charge in [-0.15, -0.1) is 0 Å². The van der Waals surface area contributed by atoms with Crippen molar-refractivity contribution < 1.29 is 22.9 Å². The van der Waals surface area contributed by atoms with E-state index in [0.29, 0.717) is 15.7 Å². The van der Waals surface area contributed by atoms with Gasteiger partial charge in [-0.05, 0) is 54.6 Å². The molecule has 10 heteroatoms. The van der Waals surface area contributed by atoms with E-state index in [9.17, 15) is 23.3 Å². The summed E-state index contributed by atoms with van der Waals surface area (Å²) in [5, 5.41) is 11.3. The number of nitrogen functional groups attached to an aromatic ring is 1. The fourth-order valence-corrected chi connectivity index (χ4v) is 4.90. The molecule has 36 heavy (non-hydrogen) atoms. The molecule has 0 aliphatic rings. The molecule has 0 saturated carbocycles. The van der Waals surface area contributed by atoms with Crippen molar-refractivity contribution >= 4 is 33.0 Å². The van der Waals surface area contributed by atoms with Crippen LogP contribution in [0.15, 0.2) is 108 Å². The van der Waals surface area contributed by atoms with Gasteiger partial charge in [0.05, 0.1) is 28.0 Å². The summed E-state index contributed by atoms with van der Waals surface area (Å²) in [7, 11) is -4.30. The SMILES string of the molecule is Nc1ccc(S(=O)(=O)N(C(=O)Cc2ccc([N+](=O)[O-])cc2Oc2ccccc2)c2ccccc2)cc1. The summed E-state index contributed by atoms with van der Waals surface area (Å²) in [5.41, 5.74) is 6.27. The number of amides is 1. The van der Waals surface area contributed by atoms with Crippen LogP contribution in [0.1, 0.15) is 5.56 Å². The number of sulfonamides is 1. The summed E-state index contributed by atoms with van der Waals surface area (Å²) in [6.07, 6.45) is -0.400. The minimum atomic E-state index is -4.30. The lowest BCUT2D eigenvalue weighted by Gasteiger charge is -2.23. The molecule has 0 spiro atoms. The molecule has 0 fully saturated rings. The number of hydrogen-bond acceptors (Lipinski definition) is 7. The van der Waals surface area contributed by atoms with Crippen molar-refractivity contribution in [3.05, 3.63) is 119 Å². The highest BCUT2D eigenvalue weighted by molar-refractivity contribution is 7.93. The number of hydrogen-bond donors (Lipinski definition) is 1. The monoisotopic (exact) mass is 503 g/mol. The Morgan fingerprint density at radius 3 is 2.11 bits per heavy atom. The number of non-ortho nitro benzene ring substituents is 1. The van der Waals surface area contributed by atoms with E-state index in [1.807, 2.05) is 0 Å². The van der Waals surface area contributed by atoms with Gasteiger partial charge in [0, 0.05) is 17.3 Å². The van der Waals surface area contributed by atoms with E-state index in [1.54, 1.807) is 48.5 Å². The first-order chi connectivity index (χ1) is 17.3. The van der Waals surface area contributed by atoms with Gasteiger partial charge in [0.2, 0.25) is 5.91 Å². The smallest absolute Gasteiger partial charge is 0.273 e. The van der Waals surface area contributed by atoms with Crippen LogP contribution in [0.3, 0.4) is 0 Å². The van der Waals surface area contributed by atoms with Gasteiger partial charge >= 0.3 is 0 Å². The minimum absolute atomic E-state index is 0.0710. The topological polar surface area (TPSA) is 133 Å². The standard InChI is InChI=1S/C26H21N3O6S/c27-20-12-15-24(16-13-20)36(33,34)28(21-7-3-1-4-8-21)26(30)17-19-11-14-22(29(31)32)18-25(19)35-23-9-5-2-6-10-23/h1-16,18H,17,27H2. The molecule has 0 unspecified atom stereocenters. The average molecular weight is 504 g/mol. The Labute approximate surface area is 207 Å². The van der Waals surface area contributed by atoms with E-state index in [2.05, 4.69) is 0 Å². The first-order valence-electron chi connectivity index (χ1n) is 10.7. The molecule has 4 rings (SSSR count). The molecule has 0 aromatic heterocycles. The van der Waals surface area contributed by atoms with Crippen LogP contribution in [-0.4, -0.2) is 19.2 Å². The van der Waals surface area contributed by atoms with Gasteiger partial charge < -0.3 is 10.5 Å². The maximum absolute atomic E-state index is 13.6. The van der Waals surface area contributed by atoms with E-state index in [4.69, 9.17) is 10.5 Å². The van der Waals surface area contributed by atoms with Gasteiger partial charge in [-0.2, -0.15) is 0 Å². The van der Waals surface area contributed by atoms with Crippen LogP contribution in [0.2, 0.25) is 0 Å². The third-order valence-electron chi connectivity index (χ3n) is 5.21. The summed E-state index contributed by atoms with van der Waals surface area (Å²) in [4.78, 5) is 24.2. The van der Waals surface area contributed by atoms with Crippen LogP contribution in [0.4, 0.5) is 17.1 Å². The quantitative estimate of drug-likeness (QED) is 0.205. The van der Waals surface area contributed by atoms with E-state index in [-0.39, 0.29) is 27.6 Å². The van der Waals surface area contributed by atoms with Crippen LogP contribution < -0.4 is 14.8 Å². The molecule has 2 N–H and O–H groups in total. The van der Waals surface area contributed by atoms with Crippen LogP contribution in [0, 0.1) is 10.1 Å². The zero-order valence-corrected chi connectivity index (χ0v) is 19.7. The highest BCUT2D eigenvalue weighted by Gasteiger charge is 2.31. The number of rotatable bonds is 8. The molecule has 0 radical (unpaired) electrons. The largest absolute Gasteiger partial charge is 0.457 e. The number of para-hydroxylation sites is 2. The second-order valence-corrected chi connectivity index (χ2v) is 9.50. The molecule has 182 valence electrons. The second-order valence-electron chi connectivity index (χ2n) is 7.71. The van der Waals surface area contributed by atoms with E-state index in [1.165, 1.54) is 54.6 Å². The lowest BCUT2D eigenvalue weighted by molar-refractivity contribution is -0.384. The average Bonchev–Trinajstić information content (AvgIpc) is 2.86. The first-order valence-corrected chi connectivity index (χ1v) is 12.2. The maximum Gasteiger partial charge on any atom is 0.273 e. The molecule has 9 nitrogen and oxygen atoms in total. The van der Waals surface area contributed by atoms with Crippen molar-refractivity contribution in [3.63, 3.8) is 0 Å². The van der Waals surface area contributed by atoms with Gasteiger partial charge in [0.25, 0.3) is 15.7 Å². The van der Waals surface area contributed by atoms with Gasteiger partial charge in [-0.1, -0.05) is 36.4 Å². The molecule has 0 saturated heterocycles. The van der Waals surface area contributed by atoms with Crippen LogP contribution >= 0.6 is 0 Å². The lowest BCUT2D eigenvalue weighted by Crippen LogP contribution is -2.38. The molecule has 0 aliphatic heterocycles. The number of benzene rings is 4. The summed E-state index contributed by atoms with van der Waals surface area (Å²) in [5.74, 6) is -0.299. The number of nitro benzene ring substituents is 1. The van der Waals surface area contributed by atoms with Gasteiger partial charge in [-0.25, -0.2) is 12.7 Å². The number of nitro groups is 1. The highest BCUT2D eigenvalue weighted by atomic mass is 32.2. The summed E-state index contributed by atoms with van der Waals surface area (Å²) in [6.45, 7) is 0. The Balaban J connectivity index is 1.75. The zero-order valence-electron chi connectivity index (χ0n) is 18.9. The fraction of sp³-hybridized carbons (Fsp3) is 0.0385. The van der Waals surface area contributed by atoms with E-state index >= 15 is 0 Å². The Morgan fingerprint density at radius 2 is 1.50 bits per heavy atom. The molecular formula is C26H21N3O6S. The minimum Gasteiger partial charge on any atom is -0.457 e. The predicted molar refractivity (Wildman–Crippen MR) is 135 cm³/mol. The summed E-state index contributed by atoms with van der Waals surface area (Å²) >= 11 is 0. The third-order valence-corrected chi connectivity index (χ3v) is 6.97. The molecule has 4 aromatic carbocycles. The zero-order chi connectivity index (χ0) is 25.7. The van der Waals surface area contributed by atoms with Crippen LogP contribution in [0.25, 0.3) is 0 Å². The van der Waals surface area contributed by atoms with E-state index < -0.39 is 27.3 Å². The Bertz CT molecular complexity index is 1490. The molecule has 0 bridgehead atoms. The number of anilines is 2. The second kappa shape index (κ2) is 10.3. The maximum atomic E-state index is 13.6. The lowest BCUT2D eigenvalue weighted by atomic mass is 10.1. The van der Waals surface area contributed by atoms with Crippen molar-refractivity contribution in [1.82, 2.24) is 0 Å². The number of nitrogens with zero attached hydrogens (tertiary/aromatic N) is 2. The molecule has 0 heterocycles. The van der Waals surface area contributed by atoms with Crippen LogP contribution in [-0.2, 0) is 21.2 Å². The number of nitrogens with two attached hydrogens (primary N) is 1. The van der Waals surface area contributed by atoms with Gasteiger partial charge in [0.1, 0.15) is 11.5 Å². The summed E-state index contributed by atoms with van der Waals surface area (Å²) < 4.78 is 33.6. The van der Waals surface area contributed by atoms with Crippen molar-refractivity contribution in [2.75, 3.05) is 10.0 Å². The normalized spacial score (nSPS) is 11.0. The van der Waals surface area contributed by atoms with Gasteiger partial charge in [0.15, 0.2) is 0 Å². The number of carbonyl (C=O) groups is 1. The molecule has 0 aliphatic carbocycles. The molecule has 0 atom stereocenters. The van der Waals surface area contributed by atoms with E-state index in [0.717, 1.165) is 0 Å². The van der Waals surface area contributed by atoms with Crippen molar-refractivity contribution in [3.8, 4) is 11.5 Å². The Morgan fingerprint density at radius 1 is 0.889 bits per heavy atom. The van der Waals surface area contributed by atoms with Gasteiger partial charge in [-0.3, -0.25) is 14.9 Å². The Hall–Kier alpha value is -4.70. The van der Waals surface area contributed by atoms with Crippen molar-refractivity contribution in [2.45, 2.75) is 11.3 Å². The Kier molecular flexibility index (Phi) is 6.98. The molecule has 1 amide bonds.